The summed E-state index contributed by atoms with van der Waals surface area (Å²) in [5, 5.41) is 0. The number of imidazole rings is 1. The number of nitrogens with zero attached hydrogens (tertiary/aromatic N) is 4. The molecule has 0 aromatic carbocycles. The van der Waals surface area contributed by atoms with Crippen molar-refractivity contribution in [2.24, 2.45) is 0 Å². The molecule has 5 rings (SSSR count). The van der Waals surface area contributed by atoms with E-state index >= 15 is 0 Å². The van der Waals surface area contributed by atoms with Crippen LogP contribution in [0, 0.1) is 0 Å². The molecule has 2 aliphatic rings. The van der Waals surface area contributed by atoms with E-state index in [1.54, 1.807) is 15.5 Å². The van der Waals surface area contributed by atoms with Crippen molar-refractivity contribution in [1.82, 2.24) is 18.6 Å². The second-order valence-electron chi connectivity index (χ2n) is 7.84. The van der Waals surface area contributed by atoms with Gasteiger partial charge in [-0.3, -0.25) is 4.79 Å². The number of hydrogen-bond acceptors (Lipinski definition) is 7. The summed E-state index contributed by atoms with van der Waals surface area (Å²) >= 11 is 1.07. The number of thiophene rings is 1. The zero-order chi connectivity index (χ0) is 22.5. The molecule has 0 atom stereocenters. The van der Waals surface area contributed by atoms with Gasteiger partial charge in [0.2, 0.25) is 0 Å². The molecule has 11 heteroatoms. The zero-order valence-electron chi connectivity index (χ0n) is 17.5. The van der Waals surface area contributed by atoms with Crippen molar-refractivity contribution in [3.63, 3.8) is 0 Å². The fraction of sp³-hybridized carbons (Fsp3) is 0.381. The smallest absolute Gasteiger partial charge is 0.340 e. The summed E-state index contributed by atoms with van der Waals surface area (Å²) in [6.45, 7) is 1.49. The molecule has 0 spiro atoms. The molecule has 0 aliphatic carbocycles. The van der Waals surface area contributed by atoms with Crippen LogP contribution in [0.3, 0.4) is 0 Å². The number of fused-ring (bicyclic) bond motifs is 2. The number of sulfonamides is 1. The minimum Gasteiger partial charge on any atom is -0.465 e. The summed E-state index contributed by atoms with van der Waals surface area (Å²) in [5.41, 5.74) is 1.80. The Kier molecular flexibility index (Phi) is 5.26. The average Bonchev–Trinajstić information content (AvgIpc) is 3.55. The van der Waals surface area contributed by atoms with Crippen LogP contribution in [-0.4, -0.2) is 65.6 Å². The van der Waals surface area contributed by atoms with Gasteiger partial charge in [0.1, 0.15) is 15.6 Å². The number of aromatic nitrogens is 2. The summed E-state index contributed by atoms with van der Waals surface area (Å²) in [6, 6.07) is 5.53. The van der Waals surface area contributed by atoms with Gasteiger partial charge in [-0.05, 0) is 37.0 Å². The first-order valence-electron chi connectivity index (χ1n) is 10.4. The fourth-order valence-corrected chi connectivity index (χ4v) is 7.84. The van der Waals surface area contributed by atoms with Crippen molar-refractivity contribution < 1.29 is 22.7 Å². The predicted molar refractivity (Wildman–Crippen MR) is 117 cm³/mol. The highest BCUT2D eigenvalue weighted by Crippen LogP contribution is 2.39. The van der Waals surface area contributed by atoms with E-state index in [2.05, 4.69) is 4.98 Å². The standard InChI is InChI=1S/C21H22N4O5S2/c1-30-20(27)18-14-7-11-24(19(26)15-12-23-8-3-2-6-17(23)22-15)13-16(14)31-21(18)32(28,29)25-9-4-5-10-25/h2-3,6,8,12H,4-5,7,9-11,13H2,1H3. The lowest BCUT2D eigenvalue weighted by atomic mass is 10.0. The van der Waals surface area contributed by atoms with Crippen LogP contribution in [0.2, 0.25) is 0 Å². The number of carbonyl (C=O) groups excluding carboxylic acids is 2. The number of methoxy groups -OCH3 is 1. The van der Waals surface area contributed by atoms with Gasteiger partial charge in [-0.25, -0.2) is 18.2 Å². The van der Waals surface area contributed by atoms with Gasteiger partial charge in [0.05, 0.1) is 19.2 Å². The quantitative estimate of drug-likeness (QED) is 0.537. The maximum Gasteiger partial charge on any atom is 0.340 e. The average molecular weight is 475 g/mol. The summed E-state index contributed by atoms with van der Waals surface area (Å²) in [6.07, 6.45) is 5.50. The van der Waals surface area contributed by atoms with Crippen LogP contribution >= 0.6 is 11.3 Å². The molecule has 1 fully saturated rings. The van der Waals surface area contributed by atoms with Crippen LogP contribution in [-0.2, 0) is 27.7 Å². The van der Waals surface area contributed by atoms with E-state index in [1.165, 1.54) is 11.4 Å². The summed E-state index contributed by atoms with van der Waals surface area (Å²) in [5.74, 6) is -0.878. The predicted octanol–water partition coefficient (Wildman–Crippen LogP) is 2.17. The van der Waals surface area contributed by atoms with Crippen molar-refractivity contribution in [1.29, 1.82) is 0 Å². The molecule has 0 radical (unpaired) electrons. The molecule has 0 unspecified atom stereocenters. The Morgan fingerprint density at radius 2 is 1.94 bits per heavy atom. The van der Waals surface area contributed by atoms with Crippen molar-refractivity contribution in [3.8, 4) is 0 Å². The van der Waals surface area contributed by atoms with Gasteiger partial charge in [-0.2, -0.15) is 4.31 Å². The number of esters is 1. The Bertz CT molecular complexity index is 1290. The highest BCUT2D eigenvalue weighted by atomic mass is 32.2. The molecule has 0 bridgehead atoms. The second-order valence-corrected chi connectivity index (χ2v) is 11.1. The SMILES string of the molecule is COC(=O)c1c(S(=O)(=O)N2CCCC2)sc2c1CCN(C(=O)c1cn3ccccc3n1)C2. The molecule has 32 heavy (non-hydrogen) atoms. The topological polar surface area (TPSA) is 101 Å². The van der Waals surface area contributed by atoms with Gasteiger partial charge in [0, 0.05) is 36.9 Å². The lowest BCUT2D eigenvalue weighted by molar-refractivity contribution is 0.0595. The first-order valence-corrected chi connectivity index (χ1v) is 12.6. The Morgan fingerprint density at radius 3 is 2.66 bits per heavy atom. The Hall–Kier alpha value is -2.76. The molecular weight excluding hydrogens is 452 g/mol. The summed E-state index contributed by atoms with van der Waals surface area (Å²) < 4.78 is 34.7. The summed E-state index contributed by atoms with van der Waals surface area (Å²) in [7, 11) is -2.54. The van der Waals surface area contributed by atoms with E-state index in [4.69, 9.17) is 4.74 Å². The molecule has 168 valence electrons. The van der Waals surface area contributed by atoms with Crippen molar-refractivity contribution in [2.45, 2.75) is 30.0 Å². The monoisotopic (exact) mass is 474 g/mol. The number of hydrogen-bond donors (Lipinski definition) is 0. The number of rotatable bonds is 4. The summed E-state index contributed by atoms with van der Waals surface area (Å²) in [4.78, 5) is 32.4. The van der Waals surface area contributed by atoms with Gasteiger partial charge < -0.3 is 14.0 Å². The number of amides is 1. The highest BCUT2D eigenvalue weighted by Gasteiger charge is 2.38. The largest absolute Gasteiger partial charge is 0.465 e. The van der Waals surface area contributed by atoms with Gasteiger partial charge in [0.25, 0.3) is 15.9 Å². The van der Waals surface area contributed by atoms with Crippen molar-refractivity contribution in [2.75, 3.05) is 26.7 Å². The van der Waals surface area contributed by atoms with E-state index in [0.29, 0.717) is 47.8 Å². The van der Waals surface area contributed by atoms with E-state index in [0.717, 1.165) is 24.2 Å². The first kappa shape index (κ1) is 21.1. The Labute approximate surface area is 189 Å². The van der Waals surface area contributed by atoms with E-state index in [1.807, 2.05) is 24.4 Å². The highest BCUT2D eigenvalue weighted by molar-refractivity contribution is 7.91. The molecule has 0 saturated carbocycles. The maximum atomic E-state index is 13.3. The third-order valence-corrected chi connectivity index (χ3v) is 9.53. The number of ether oxygens (including phenoxy) is 1. The zero-order valence-corrected chi connectivity index (χ0v) is 19.1. The lowest BCUT2D eigenvalue weighted by Crippen LogP contribution is -2.36. The molecule has 1 saturated heterocycles. The number of pyridine rings is 1. The van der Waals surface area contributed by atoms with Gasteiger partial charge in [0.15, 0.2) is 0 Å². The lowest BCUT2D eigenvalue weighted by Gasteiger charge is -2.26. The van der Waals surface area contributed by atoms with Gasteiger partial charge in [-0.15, -0.1) is 11.3 Å². The van der Waals surface area contributed by atoms with Crippen LogP contribution < -0.4 is 0 Å². The molecule has 5 heterocycles. The fourth-order valence-electron chi connectivity index (χ4n) is 4.29. The van der Waals surface area contributed by atoms with Crippen molar-refractivity contribution >= 4 is 38.9 Å². The third-order valence-electron chi connectivity index (χ3n) is 5.92. The molecule has 9 nitrogen and oxygen atoms in total. The minimum absolute atomic E-state index is 0.0262. The molecule has 3 aromatic heterocycles. The first-order chi connectivity index (χ1) is 15.4. The Morgan fingerprint density at radius 1 is 1.16 bits per heavy atom. The van der Waals surface area contributed by atoms with Crippen LogP contribution in [0.5, 0.6) is 0 Å². The van der Waals surface area contributed by atoms with Gasteiger partial charge in [-0.1, -0.05) is 6.07 Å². The molecule has 3 aromatic rings. The number of carbonyl (C=O) groups is 2. The van der Waals surface area contributed by atoms with E-state index in [9.17, 15) is 18.0 Å². The van der Waals surface area contributed by atoms with Crippen LogP contribution in [0.4, 0.5) is 0 Å². The maximum absolute atomic E-state index is 13.3. The van der Waals surface area contributed by atoms with Gasteiger partial charge >= 0.3 is 5.97 Å². The Balaban J connectivity index is 1.49. The van der Waals surface area contributed by atoms with E-state index in [-0.39, 0.29) is 22.2 Å². The molecule has 2 aliphatic heterocycles. The third kappa shape index (κ3) is 3.40. The van der Waals surface area contributed by atoms with Crippen LogP contribution in [0.15, 0.2) is 34.8 Å². The van der Waals surface area contributed by atoms with Crippen molar-refractivity contribution in [3.05, 3.63) is 52.3 Å². The minimum atomic E-state index is -3.79. The van der Waals surface area contributed by atoms with E-state index < -0.39 is 16.0 Å². The molecular formula is C21H22N4O5S2. The van der Waals surface area contributed by atoms with Crippen LogP contribution in [0.25, 0.3) is 5.65 Å². The normalized spacial score (nSPS) is 17.0. The molecule has 1 amide bonds. The molecule has 0 N–H and O–H groups in total. The van der Waals surface area contributed by atoms with Crippen LogP contribution in [0.1, 0.15) is 44.1 Å². The second kappa shape index (κ2) is 7.98.